The molecule has 0 aliphatic heterocycles. The number of fused-ring (bicyclic) bond motifs is 1. The van der Waals surface area contributed by atoms with Gasteiger partial charge < -0.3 is 33.9 Å². The second-order valence-corrected chi connectivity index (χ2v) is 11.6. The van der Waals surface area contributed by atoms with Gasteiger partial charge in [0, 0.05) is 24.4 Å². The number of rotatable bonds is 14. The Labute approximate surface area is 262 Å². The van der Waals surface area contributed by atoms with E-state index >= 15 is 0 Å². The molecule has 0 saturated heterocycles. The molecule has 240 valence electrons. The Bertz CT molecular complexity index is 1990. The van der Waals surface area contributed by atoms with Crippen LogP contribution in [0.15, 0.2) is 96.6 Å². The van der Waals surface area contributed by atoms with Crippen molar-refractivity contribution in [3.8, 4) is 23.1 Å². The first-order valence-corrected chi connectivity index (χ1v) is 15.4. The molecule has 5 aromatic rings. The fraction of sp³-hybridized carbons (Fsp3) is 0.226. The summed E-state index contributed by atoms with van der Waals surface area (Å²) in [6.45, 7) is 0.294. The molecule has 0 spiro atoms. The Morgan fingerprint density at radius 2 is 1.70 bits per heavy atom. The van der Waals surface area contributed by atoms with Crippen LogP contribution in [-0.2, 0) is 16.3 Å². The third-order valence-corrected chi connectivity index (χ3v) is 8.49. The van der Waals surface area contributed by atoms with Crippen LogP contribution in [0, 0.1) is 5.21 Å². The van der Waals surface area contributed by atoms with E-state index < -0.39 is 32.3 Å². The number of carbonyl (C=O) groups excluding carboxylic acids is 1. The minimum absolute atomic E-state index is 0.0662. The number of nitrogens with zero attached hydrogens (tertiary/aromatic N) is 2. The van der Waals surface area contributed by atoms with Crippen molar-refractivity contribution in [1.82, 2.24) is 10.5 Å². The van der Waals surface area contributed by atoms with Crippen LogP contribution < -0.4 is 34.8 Å². The molecule has 0 atom stereocenters. The number of carbonyl (C=O) groups is 1. The van der Waals surface area contributed by atoms with Crippen LogP contribution >= 0.6 is 0 Å². The fourth-order valence-electron chi connectivity index (χ4n) is 4.42. The predicted octanol–water partition coefficient (Wildman–Crippen LogP) is 3.08. The molecule has 46 heavy (non-hydrogen) atoms. The molecule has 0 aliphatic rings. The molecule has 0 fully saturated rings. The van der Waals surface area contributed by atoms with Crippen LogP contribution in [0.4, 0.5) is 0 Å². The van der Waals surface area contributed by atoms with E-state index in [4.69, 9.17) is 23.4 Å². The lowest BCUT2D eigenvalue weighted by Gasteiger charge is -2.12. The summed E-state index contributed by atoms with van der Waals surface area (Å²) in [5.74, 6) is 0.242. The Kier molecular flexibility index (Phi) is 9.71. The van der Waals surface area contributed by atoms with Crippen molar-refractivity contribution in [3.05, 3.63) is 99.6 Å². The molecule has 3 aromatic carbocycles. The molecule has 0 aliphatic carbocycles. The molecule has 0 saturated carbocycles. The second-order valence-electron chi connectivity index (χ2n) is 9.75. The molecule has 2 heterocycles. The van der Waals surface area contributed by atoms with Gasteiger partial charge in [-0.3, -0.25) is 9.42 Å². The number of hydrogen-bond acceptors (Lipinski definition) is 12. The summed E-state index contributed by atoms with van der Waals surface area (Å²) < 4.78 is 57.5. The lowest BCUT2D eigenvalue weighted by Crippen LogP contribution is -2.31. The third-order valence-electron chi connectivity index (χ3n) is 6.76. The zero-order valence-electron chi connectivity index (χ0n) is 24.8. The number of benzene rings is 3. The summed E-state index contributed by atoms with van der Waals surface area (Å²) in [7, 11) is -1.23. The smallest absolute Gasteiger partial charge is 0.414 e. The molecule has 15 heteroatoms. The van der Waals surface area contributed by atoms with Gasteiger partial charge in [0.05, 0.1) is 37.5 Å². The number of sulfone groups is 1. The van der Waals surface area contributed by atoms with E-state index in [0.717, 1.165) is 11.3 Å². The highest BCUT2D eigenvalue weighted by molar-refractivity contribution is 7.91. The zero-order valence-corrected chi connectivity index (χ0v) is 25.6. The molecule has 1 N–H and O–H groups in total. The maximum absolute atomic E-state index is 12.9. The van der Waals surface area contributed by atoms with Gasteiger partial charge in [0.25, 0.3) is 15.7 Å². The zero-order chi connectivity index (χ0) is 32.7. The van der Waals surface area contributed by atoms with E-state index in [1.165, 1.54) is 43.5 Å². The van der Waals surface area contributed by atoms with E-state index in [-0.39, 0.29) is 46.3 Å². The van der Waals surface area contributed by atoms with Gasteiger partial charge in [-0.05, 0) is 53.3 Å². The van der Waals surface area contributed by atoms with Gasteiger partial charge in [-0.1, -0.05) is 30.3 Å². The van der Waals surface area contributed by atoms with Gasteiger partial charge in [-0.2, -0.15) is 0 Å². The van der Waals surface area contributed by atoms with Crippen molar-refractivity contribution in [2.75, 3.05) is 34.0 Å². The summed E-state index contributed by atoms with van der Waals surface area (Å²) in [5, 5.41) is 17.9. The van der Waals surface area contributed by atoms with Crippen LogP contribution in [0.1, 0.15) is 22.3 Å². The molecule has 14 nitrogen and oxygen atoms in total. The molecule has 1 amide bonds. The van der Waals surface area contributed by atoms with E-state index in [9.17, 15) is 23.2 Å². The van der Waals surface area contributed by atoms with Crippen LogP contribution in [0.2, 0.25) is 0 Å². The number of ether oxygens (including phenoxy) is 4. The minimum Gasteiger partial charge on any atom is -0.497 e. The first-order valence-electron chi connectivity index (χ1n) is 13.9. The average molecular weight is 652 g/mol. The highest BCUT2D eigenvalue weighted by Crippen LogP contribution is 2.32. The van der Waals surface area contributed by atoms with Crippen LogP contribution in [0.3, 0.4) is 0 Å². The Balaban J connectivity index is 1.19. The summed E-state index contributed by atoms with van der Waals surface area (Å²) in [5.41, 5.74) is 0.189. The monoisotopic (exact) mass is 651 g/mol. The second kappa shape index (κ2) is 14.0. The third kappa shape index (κ3) is 7.04. The maximum Gasteiger partial charge on any atom is 0.414 e. The normalized spacial score (nSPS) is 11.3. The van der Waals surface area contributed by atoms with E-state index in [1.807, 2.05) is 24.3 Å². The molecular formula is C31H29N3O11S. The van der Waals surface area contributed by atoms with Crippen LogP contribution in [-0.4, -0.2) is 53.5 Å². The first-order chi connectivity index (χ1) is 22.2. The molecule has 2 aromatic heterocycles. The fourth-order valence-corrected chi connectivity index (χ4v) is 5.71. The van der Waals surface area contributed by atoms with Crippen molar-refractivity contribution < 1.29 is 46.1 Å². The van der Waals surface area contributed by atoms with E-state index in [0.29, 0.717) is 24.1 Å². The maximum atomic E-state index is 12.9. The summed E-state index contributed by atoms with van der Waals surface area (Å²) >= 11 is 0. The summed E-state index contributed by atoms with van der Waals surface area (Å²) in [6, 6.07) is 19.2. The molecule has 0 radical (unpaired) electrons. The topological polar surface area (TPSA) is 183 Å². The number of aromatic nitrogens is 2. The Morgan fingerprint density at radius 3 is 2.41 bits per heavy atom. The van der Waals surface area contributed by atoms with Crippen molar-refractivity contribution in [1.29, 1.82) is 0 Å². The lowest BCUT2D eigenvalue weighted by atomic mass is 10.1. The molecule has 0 bridgehead atoms. The van der Waals surface area contributed by atoms with Crippen molar-refractivity contribution in [3.63, 3.8) is 0 Å². The highest BCUT2D eigenvalue weighted by Gasteiger charge is 2.35. The van der Waals surface area contributed by atoms with Crippen molar-refractivity contribution >= 4 is 26.7 Å². The van der Waals surface area contributed by atoms with Gasteiger partial charge in [0.1, 0.15) is 16.9 Å². The van der Waals surface area contributed by atoms with Crippen molar-refractivity contribution in [2.45, 2.75) is 22.8 Å². The van der Waals surface area contributed by atoms with Gasteiger partial charge in [0.2, 0.25) is 0 Å². The van der Waals surface area contributed by atoms with E-state index in [1.54, 1.807) is 19.2 Å². The van der Waals surface area contributed by atoms with Gasteiger partial charge in [0.15, 0.2) is 11.5 Å². The number of amides is 1. The van der Waals surface area contributed by atoms with Gasteiger partial charge in [-0.25, -0.2) is 13.2 Å². The largest absolute Gasteiger partial charge is 0.497 e. The summed E-state index contributed by atoms with van der Waals surface area (Å²) in [6.07, 6.45) is 0.788. The standard InChI is InChI=1S/C31H29N3O11S/c1-40-22-11-9-20(10-12-22)13-14-32-28(35)24-17-21-18-26(41-2)27(19-25(21)44-31(24)36)42-15-6-16-43-29-30(34(37)45-33-29)46(38,39)23-7-4-3-5-8-23/h3-5,7-12,17-19H,6,13-16H2,1-2H3,(H,32,35). The minimum atomic E-state index is -4.25. The quantitative estimate of drug-likeness (QED) is 0.105. The Morgan fingerprint density at radius 1 is 0.957 bits per heavy atom. The van der Waals surface area contributed by atoms with Gasteiger partial charge >= 0.3 is 16.5 Å². The predicted molar refractivity (Wildman–Crippen MR) is 161 cm³/mol. The lowest BCUT2D eigenvalue weighted by molar-refractivity contribution is -0.832. The number of hydrogen-bond donors (Lipinski definition) is 1. The number of nitrogens with one attached hydrogen (secondary N) is 1. The van der Waals surface area contributed by atoms with Crippen LogP contribution in [0.25, 0.3) is 11.0 Å². The average Bonchev–Trinajstić information content (AvgIpc) is 3.45. The molecule has 0 unspecified atom stereocenters. The van der Waals surface area contributed by atoms with Crippen molar-refractivity contribution in [2.24, 2.45) is 0 Å². The first kappa shape index (κ1) is 31.8. The van der Waals surface area contributed by atoms with Crippen LogP contribution in [0.5, 0.6) is 23.1 Å². The highest BCUT2D eigenvalue weighted by atomic mass is 32.2. The Hall–Kier alpha value is -5.57. The molecular weight excluding hydrogens is 622 g/mol. The molecule has 5 rings (SSSR count). The summed E-state index contributed by atoms with van der Waals surface area (Å²) in [4.78, 5) is 25.1. The van der Waals surface area contributed by atoms with E-state index in [2.05, 4.69) is 15.1 Å². The SMILES string of the molecule is COc1ccc(CCNC(=O)c2cc3cc(OC)c(OCCCOc4no[n+]([O-])c4S(=O)(=O)c4ccccc4)cc3oc2=O)cc1. The number of methoxy groups -OCH3 is 2. The van der Waals surface area contributed by atoms with Gasteiger partial charge in [-0.15, -0.1) is 0 Å².